The van der Waals surface area contributed by atoms with Crippen LogP contribution in [0.3, 0.4) is 0 Å². The minimum atomic E-state index is -0.123. The highest BCUT2D eigenvalue weighted by atomic mass is 35.5. The first-order valence-electron chi connectivity index (χ1n) is 8.25. The Kier molecular flexibility index (Phi) is 4.38. The molecule has 0 radical (unpaired) electrons. The number of carbonyl (C=O) groups is 2. The zero-order valence-corrected chi connectivity index (χ0v) is 15.5. The number of carbonyl (C=O) groups excluding carboxylic acids is 2. The van der Waals surface area contributed by atoms with Gasteiger partial charge in [0.25, 0.3) is 0 Å². The van der Waals surface area contributed by atoms with E-state index in [1.54, 1.807) is 6.07 Å². The Hall–Kier alpha value is -2.44. The minimum Gasteiger partial charge on any atom is -0.326 e. The van der Waals surface area contributed by atoms with Crippen molar-refractivity contribution in [2.24, 2.45) is 5.92 Å². The van der Waals surface area contributed by atoms with E-state index in [-0.39, 0.29) is 23.7 Å². The fourth-order valence-electron chi connectivity index (χ4n) is 3.06. The van der Waals surface area contributed by atoms with Crippen LogP contribution >= 0.6 is 22.9 Å². The lowest BCUT2D eigenvalue weighted by molar-refractivity contribution is -0.117. The van der Waals surface area contributed by atoms with Crippen LogP contribution in [0.4, 0.5) is 10.8 Å². The molecule has 1 saturated carbocycles. The molecule has 2 unspecified atom stereocenters. The molecule has 7 heteroatoms. The molecular weight excluding hydrogens is 370 g/mol. The molecule has 4 rings (SSSR count). The third-order valence-electron chi connectivity index (χ3n) is 4.37. The van der Waals surface area contributed by atoms with Crippen molar-refractivity contribution in [2.45, 2.75) is 19.3 Å². The summed E-state index contributed by atoms with van der Waals surface area (Å²) >= 11 is 7.61. The molecule has 0 bridgehead atoms. The van der Waals surface area contributed by atoms with Crippen molar-refractivity contribution >= 4 is 55.8 Å². The molecule has 0 spiro atoms. The summed E-state index contributed by atoms with van der Waals surface area (Å²) in [5.74, 6) is -0.0564. The van der Waals surface area contributed by atoms with Crippen LogP contribution in [0.2, 0.25) is 5.02 Å². The Balaban J connectivity index is 1.47. The number of fused-ring (bicyclic) bond motifs is 1. The van der Waals surface area contributed by atoms with Crippen LogP contribution in [0, 0.1) is 5.92 Å². The van der Waals surface area contributed by atoms with Gasteiger partial charge in [-0.1, -0.05) is 41.1 Å². The Morgan fingerprint density at radius 3 is 2.77 bits per heavy atom. The van der Waals surface area contributed by atoms with E-state index in [9.17, 15) is 9.59 Å². The van der Waals surface area contributed by atoms with Crippen molar-refractivity contribution in [3.05, 3.63) is 53.1 Å². The number of aromatic nitrogens is 1. The van der Waals surface area contributed by atoms with Crippen LogP contribution < -0.4 is 10.6 Å². The van der Waals surface area contributed by atoms with Crippen LogP contribution in [0.5, 0.6) is 0 Å². The van der Waals surface area contributed by atoms with E-state index in [2.05, 4.69) is 15.6 Å². The molecule has 26 heavy (non-hydrogen) atoms. The number of amides is 2. The molecule has 1 aliphatic carbocycles. The number of hydrogen-bond acceptors (Lipinski definition) is 4. The van der Waals surface area contributed by atoms with Crippen molar-refractivity contribution < 1.29 is 9.59 Å². The number of benzene rings is 2. The van der Waals surface area contributed by atoms with Crippen molar-refractivity contribution in [1.29, 1.82) is 0 Å². The number of nitrogens with zero attached hydrogens (tertiary/aromatic N) is 1. The first-order valence-corrected chi connectivity index (χ1v) is 9.44. The molecule has 0 saturated heterocycles. The summed E-state index contributed by atoms with van der Waals surface area (Å²) in [4.78, 5) is 28.1. The number of anilines is 2. The Morgan fingerprint density at radius 2 is 2.00 bits per heavy atom. The van der Waals surface area contributed by atoms with E-state index in [1.807, 2.05) is 36.4 Å². The Bertz CT molecular complexity index is 1020. The highest BCUT2D eigenvalue weighted by Gasteiger charge is 2.45. The van der Waals surface area contributed by atoms with Gasteiger partial charge in [0.1, 0.15) is 0 Å². The molecular formula is C19H16ClN3O2S. The number of hydrogen-bond donors (Lipinski definition) is 2. The summed E-state index contributed by atoms with van der Waals surface area (Å²) in [6, 6.07) is 13.1. The van der Waals surface area contributed by atoms with Gasteiger partial charge in [0.05, 0.1) is 10.2 Å². The highest BCUT2D eigenvalue weighted by Crippen LogP contribution is 2.50. The van der Waals surface area contributed by atoms with Crippen molar-refractivity contribution in [2.75, 3.05) is 10.6 Å². The maximum absolute atomic E-state index is 12.5. The van der Waals surface area contributed by atoms with Crippen LogP contribution in [0.1, 0.15) is 24.8 Å². The van der Waals surface area contributed by atoms with Gasteiger partial charge < -0.3 is 10.6 Å². The van der Waals surface area contributed by atoms with Gasteiger partial charge in [-0.05, 0) is 42.2 Å². The third kappa shape index (κ3) is 3.43. The second-order valence-electron chi connectivity index (χ2n) is 6.34. The zero-order valence-electron chi connectivity index (χ0n) is 14.0. The van der Waals surface area contributed by atoms with Crippen molar-refractivity contribution in [3.63, 3.8) is 0 Å². The monoisotopic (exact) mass is 385 g/mol. The van der Waals surface area contributed by atoms with Gasteiger partial charge in [0.15, 0.2) is 5.13 Å². The molecule has 1 aromatic heterocycles. The SMILES string of the molecule is CC(=O)Nc1ccc2nc(NC(=O)C3CC3c3ccccc3Cl)sc2c1. The molecule has 2 amide bonds. The van der Waals surface area contributed by atoms with Gasteiger partial charge >= 0.3 is 0 Å². The maximum atomic E-state index is 12.5. The molecule has 1 heterocycles. The Morgan fingerprint density at radius 1 is 1.19 bits per heavy atom. The number of thiazole rings is 1. The van der Waals surface area contributed by atoms with E-state index in [0.717, 1.165) is 22.2 Å². The van der Waals surface area contributed by atoms with Gasteiger partial charge in [0.2, 0.25) is 11.8 Å². The fraction of sp³-hybridized carbons (Fsp3) is 0.211. The zero-order chi connectivity index (χ0) is 18.3. The van der Waals surface area contributed by atoms with E-state index in [4.69, 9.17) is 11.6 Å². The lowest BCUT2D eigenvalue weighted by Crippen LogP contribution is -2.14. The van der Waals surface area contributed by atoms with Gasteiger partial charge in [-0.3, -0.25) is 9.59 Å². The van der Waals surface area contributed by atoms with Gasteiger partial charge in [-0.15, -0.1) is 0 Å². The fourth-order valence-corrected chi connectivity index (χ4v) is 4.25. The lowest BCUT2D eigenvalue weighted by Gasteiger charge is -2.03. The first kappa shape index (κ1) is 17.0. The molecule has 2 aromatic carbocycles. The van der Waals surface area contributed by atoms with Crippen LogP contribution in [-0.4, -0.2) is 16.8 Å². The molecule has 2 atom stereocenters. The average molecular weight is 386 g/mol. The summed E-state index contributed by atoms with van der Waals surface area (Å²) in [5.41, 5.74) is 2.53. The molecule has 2 N–H and O–H groups in total. The second kappa shape index (κ2) is 6.70. The molecule has 0 aliphatic heterocycles. The van der Waals surface area contributed by atoms with Crippen LogP contribution in [0.25, 0.3) is 10.2 Å². The standard InChI is InChI=1S/C19H16ClN3O2S/c1-10(24)21-11-6-7-16-17(8-11)26-19(22-16)23-18(25)14-9-13(14)12-4-2-3-5-15(12)20/h2-8,13-14H,9H2,1H3,(H,21,24)(H,22,23,25). The minimum absolute atomic E-state index is 0.0314. The number of halogens is 1. The van der Waals surface area contributed by atoms with Crippen molar-refractivity contribution in [1.82, 2.24) is 4.98 Å². The Labute approximate surface area is 159 Å². The molecule has 1 fully saturated rings. The number of nitrogens with one attached hydrogen (secondary N) is 2. The van der Waals surface area contributed by atoms with Gasteiger partial charge in [0, 0.05) is 23.6 Å². The average Bonchev–Trinajstić information content (AvgIpc) is 3.28. The van der Waals surface area contributed by atoms with E-state index in [1.165, 1.54) is 18.3 Å². The molecule has 3 aromatic rings. The number of rotatable bonds is 4. The maximum Gasteiger partial charge on any atom is 0.229 e. The summed E-state index contributed by atoms with van der Waals surface area (Å²) in [7, 11) is 0. The third-order valence-corrected chi connectivity index (χ3v) is 5.65. The van der Waals surface area contributed by atoms with Crippen molar-refractivity contribution in [3.8, 4) is 0 Å². The van der Waals surface area contributed by atoms with E-state index < -0.39 is 0 Å². The van der Waals surface area contributed by atoms with Gasteiger partial charge in [-0.25, -0.2) is 4.98 Å². The lowest BCUT2D eigenvalue weighted by atomic mass is 10.1. The van der Waals surface area contributed by atoms with Crippen LogP contribution in [-0.2, 0) is 9.59 Å². The molecule has 132 valence electrons. The highest BCUT2D eigenvalue weighted by molar-refractivity contribution is 7.22. The first-order chi connectivity index (χ1) is 12.5. The van der Waals surface area contributed by atoms with E-state index in [0.29, 0.717) is 15.8 Å². The van der Waals surface area contributed by atoms with E-state index >= 15 is 0 Å². The van der Waals surface area contributed by atoms with Gasteiger partial charge in [-0.2, -0.15) is 0 Å². The normalized spacial score (nSPS) is 18.5. The summed E-state index contributed by atoms with van der Waals surface area (Å²) in [5, 5.41) is 6.93. The summed E-state index contributed by atoms with van der Waals surface area (Å²) in [6.45, 7) is 1.47. The summed E-state index contributed by atoms with van der Waals surface area (Å²) < 4.78 is 0.907. The quantitative estimate of drug-likeness (QED) is 0.686. The largest absolute Gasteiger partial charge is 0.326 e. The summed E-state index contributed by atoms with van der Waals surface area (Å²) in [6.07, 6.45) is 0.799. The molecule has 1 aliphatic rings. The predicted octanol–water partition coefficient (Wildman–Crippen LogP) is 4.65. The van der Waals surface area contributed by atoms with Crippen LogP contribution in [0.15, 0.2) is 42.5 Å². The second-order valence-corrected chi connectivity index (χ2v) is 7.78. The predicted molar refractivity (Wildman–Crippen MR) is 105 cm³/mol. The smallest absolute Gasteiger partial charge is 0.229 e. The topological polar surface area (TPSA) is 71.1 Å². The molecule has 5 nitrogen and oxygen atoms in total.